The molecule has 0 radical (unpaired) electrons. The monoisotopic (exact) mass is 247 g/mol. The van der Waals surface area contributed by atoms with Crippen molar-refractivity contribution >= 4 is 5.97 Å². The summed E-state index contributed by atoms with van der Waals surface area (Å²) in [7, 11) is 0. The summed E-state index contributed by atoms with van der Waals surface area (Å²) in [6, 6.07) is 7.88. The van der Waals surface area contributed by atoms with E-state index in [9.17, 15) is 9.90 Å². The highest BCUT2D eigenvalue weighted by molar-refractivity contribution is 5.73. The van der Waals surface area contributed by atoms with Crippen molar-refractivity contribution in [3.05, 3.63) is 35.4 Å². The number of carboxylic acid groups (broad SMARTS) is 1. The lowest BCUT2D eigenvalue weighted by molar-refractivity contribution is -0.145. The maximum Gasteiger partial charge on any atom is 0.320 e. The number of hydrogen-bond acceptors (Lipinski definition) is 2. The van der Waals surface area contributed by atoms with Crippen LogP contribution < -0.4 is 0 Å². The number of carbonyl (C=O) groups is 1. The van der Waals surface area contributed by atoms with Crippen molar-refractivity contribution in [2.45, 2.75) is 39.3 Å². The van der Waals surface area contributed by atoms with Crippen LogP contribution in [-0.4, -0.2) is 28.6 Å². The summed E-state index contributed by atoms with van der Waals surface area (Å²) in [6.07, 6.45) is 1.86. The average molecular weight is 247 g/mol. The van der Waals surface area contributed by atoms with E-state index in [1.807, 2.05) is 12.1 Å². The lowest BCUT2D eigenvalue weighted by atomic mass is 9.92. The summed E-state index contributed by atoms with van der Waals surface area (Å²) in [4.78, 5) is 13.4. The van der Waals surface area contributed by atoms with Gasteiger partial charge in [0, 0.05) is 6.54 Å². The van der Waals surface area contributed by atoms with Gasteiger partial charge in [0.15, 0.2) is 0 Å². The molecule has 0 bridgehead atoms. The van der Waals surface area contributed by atoms with Gasteiger partial charge in [-0.3, -0.25) is 9.69 Å². The molecule has 1 heterocycles. The van der Waals surface area contributed by atoms with Gasteiger partial charge in [-0.15, -0.1) is 0 Å². The number of rotatable bonds is 3. The molecule has 2 rings (SSSR count). The molecule has 1 aromatic rings. The molecule has 1 aliphatic heterocycles. The van der Waals surface area contributed by atoms with Gasteiger partial charge in [-0.25, -0.2) is 0 Å². The minimum Gasteiger partial charge on any atom is -0.480 e. The molecule has 98 valence electrons. The van der Waals surface area contributed by atoms with Crippen molar-refractivity contribution in [3.63, 3.8) is 0 Å². The molecule has 0 aromatic heterocycles. The number of carboxylic acids is 1. The highest BCUT2D eigenvalue weighted by Crippen LogP contribution is 2.25. The number of aliphatic carboxylic acids is 1. The van der Waals surface area contributed by atoms with Crippen LogP contribution in [0.2, 0.25) is 0 Å². The van der Waals surface area contributed by atoms with Crippen LogP contribution in [-0.2, 0) is 11.3 Å². The third-order valence-electron chi connectivity index (χ3n) is 3.90. The fourth-order valence-corrected chi connectivity index (χ4v) is 2.64. The van der Waals surface area contributed by atoms with Crippen LogP contribution in [0.4, 0.5) is 0 Å². The first-order chi connectivity index (χ1) is 8.58. The summed E-state index contributed by atoms with van der Waals surface area (Å²) >= 11 is 0. The lowest BCUT2D eigenvalue weighted by Gasteiger charge is -2.36. The fraction of sp³-hybridized carbons (Fsp3) is 0.533. The summed E-state index contributed by atoms with van der Waals surface area (Å²) in [5.74, 6) is -0.172. The van der Waals surface area contributed by atoms with Crippen molar-refractivity contribution in [2.75, 3.05) is 6.54 Å². The summed E-state index contributed by atoms with van der Waals surface area (Å²) < 4.78 is 0. The lowest BCUT2D eigenvalue weighted by Crippen LogP contribution is -2.46. The number of aryl methyl sites for hydroxylation is 1. The molecule has 3 heteroatoms. The van der Waals surface area contributed by atoms with Gasteiger partial charge in [-0.2, -0.15) is 0 Å². The van der Waals surface area contributed by atoms with Gasteiger partial charge in [-0.05, 0) is 43.4 Å². The Kier molecular flexibility index (Phi) is 4.02. The van der Waals surface area contributed by atoms with E-state index < -0.39 is 5.97 Å². The zero-order valence-electron chi connectivity index (χ0n) is 11.1. The number of piperidine rings is 1. The molecule has 1 fully saturated rings. The van der Waals surface area contributed by atoms with Crippen LogP contribution in [0.3, 0.4) is 0 Å². The maximum absolute atomic E-state index is 11.3. The quantitative estimate of drug-likeness (QED) is 0.892. The van der Waals surface area contributed by atoms with Crippen molar-refractivity contribution in [1.29, 1.82) is 0 Å². The minimum atomic E-state index is -0.685. The second-order valence-corrected chi connectivity index (χ2v) is 5.38. The molecule has 0 amide bonds. The number of benzene rings is 1. The van der Waals surface area contributed by atoms with E-state index in [1.165, 1.54) is 11.1 Å². The Bertz CT molecular complexity index is 430. The molecular weight excluding hydrogens is 226 g/mol. The van der Waals surface area contributed by atoms with E-state index in [4.69, 9.17) is 0 Å². The Morgan fingerprint density at radius 2 is 2.17 bits per heavy atom. The number of hydrogen-bond donors (Lipinski definition) is 1. The normalized spacial score (nSPS) is 25.0. The van der Waals surface area contributed by atoms with E-state index >= 15 is 0 Å². The topological polar surface area (TPSA) is 40.5 Å². The first kappa shape index (κ1) is 13.1. The van der Waals surface area contributed by atoms with E-state index in [-0.39, 0.29) is 6.04 Å². The van der Waals surface area contributed by atoms with Crippen LogP contribution in [0.15, 0.2) is 24.3 Å². The Labute approximate surface area is 108 Å². The largest absolute Gasteiger partial charge is 0.480 e. The summed E-state index contributed by atoms with van der Waals surface area (Å²) in [5, 5.41) is 9.33. The van der Waals surface area contributed by atoms with Gasteiger partial charge < -0.3 is 5.11 Å². The Morgan fingerprint density at radius 1 is 1.44 bits per heavy atom. The second-order valence-electron chi connectivity index (χ2n) is 5.38. The number of likely N-dealkylation sites (tertiary alicyclic amines) is 1. The first-order valence-corrected chi connectivity index (χ1v) is 6.59. The zero-order valence-corrected chi connectivity index (χ0v) is 11.1. The van der Waals surface area contributed by atoms with Gasteiger partial charge >= 0.3 is 5.97 Å². The van der Waals surface area contributed by atoms with Crippen LogP contribution in [0.5, 0.6) is 0 Å². The van der Waals surface area contributed by atoms with E-state index in [0.717, 1.165) is 25.9 Å². The third-order valence-corrected chi connectivity index (χ3v) is 3.90. The Morgan fingerprint density at radius 3 is 2.83 bits per heavy atom. The molecule has 2 unspecified atom stereocenters. The van der Waals surface area contributed by atoms with Gasteiger partial charge in [0.1, 0.15) is 6.04 Å². The Hall–Kier alpha value is -1.35. The minimum absolute atomic E-state index is 0.326. The van der Waals surface area contributed by atoms with Crippen LogP contribution in [0.1, 0.15) is 30.9 Å². The highest BCUT2D eigenvalue weighted by atomic mass is 16.4. The molecule has 0 saturated carbocycles. The average Bonchev–Trinajstić information content (AvgIpc) is 2.34. The molecule has 1 aliphatic rings. The molecule has 1 saturated heterocycles. The van der Waals surface area contributed by atoms with Gasteiger partial charge in [0.2, 0.25) is 0 Å². The third kappa shape index (κ3) is 2.91. The predicted molar refractivity (Wildman–Crippen MR) is 71.4 cm³/mol. The highest BCUT2D eigenvalue weighted by Gasteiger charge is 2.31. The van der Waals surface area contributed by atoms with Crippen LogP contribution in [0, 0.1) is 12.8 Å². The van der Waals surface area contributed by atoms with E-state index in [1.54, 1.807) is 0 Å². The summed E-state index contributed by atoms with van der Waals surface area (Å²) in [6.45, 7) is 5.85. The standard InChI is InChI=1S/C15H21NO2/c1-11-7-8-16(14(9-11)15(17)18)10-13-6-4-3-5-12(13)2/h3-6,11,14H,7-10H2,1-2H3,(H,17,18). The zero-order chi connectivity index (χ0) is 13.1. The van der Waals surface area contributed by atoms with Crippen molar-refractivity contribution < 1.29 is 9.90 Å². The van der Waals surface area contributed by atoms with Crippen molar-refractivity contribution in [2.24, 2.45) is 5.92 Å². The molecule has 1 N–H and O–H groups in total. The fourth-order valence-electron chi connectivity index (χ4n) is 2.64. The van der Waals surface area contributed by atoms with Gasteiger partial charge in [0.05, 0.1) is 0 Å². The van der Waals surface area contributed by atoms with Gasteiger partial charge in [0.25, 0.3) is 0 Å². The van der Waals surface area contributed by atoms with Crippen molar-refractivity contribution in [1.82, 2.24) is 4.90 Å². The predicted octanol–water partition coefficient (Wildman–Crippen LogP) is 2.68. The molecule has 18 heavy (non-hydrogen) atoms. The summed E-state index contributed by atoms with van der Waals surface area (Å²) in [5.41, 5.74) is 2.47. The second kappa shape index (κ2) is 5.53. The molecule has 2 atom stereocenters. The van der Waals surface area contributed by atoms with E-state index in [0.29, 0.717) is 5.92 Å². The van der Waals surface area contributed by atoms with E-state index in [2.05, 4.69) is 30.9 Å². The Balaban J connectivity index is 2.12. The van der Waals surface area contributed by atoms with Crippen LogP contribution in [0.25, 0.3) is 0 Å². The first-order valence-electron chi connectivity index (χ1n) is 6.59. The molecular formula is C15H21NO2. The van der Waals surface area contributed by atoms with Crippen molar-refractivity contribution in [3.8, 4) is 0 Å². The SMILES string of the molecule is Cc1ccccc1CN1CCC(C)CC1C(=O)O. The van der Waals surface area contributed by atoms with Crippen LogP contribution >= 0.6 is 0 Å². The molecule has 0 aliphatic carbocycles. The number of nitrogens with zero attached hydrogens (tertiary/aromatic N) is 1. The smallest absolute Gasteiger partial charge is 0.320 e. The molecule has 3 nitrogen and oxygen atoms in total. The molecule has 0 spiro atoms. The van der Waals surface area contributed by atoms with Gasteiger partial charge in [-0.1, -0.05) is 31.2 Å². The molecule has 1 aromatic carbocycles. The maximum atomic E-state index is 11.3.